The normalized spacial score (nSPS) is 22.2. The standard InChI is InChI=1S/C29H33NO2/c1-29(2)28(23-10-4-3-5-11-23)27(25-12-6-7-13-26(25)32-29)22-14-16-24(17-15-22)31-21-20-30-18-8-9-19-30/h3-7,10-17,27-28H,8-9,18-21H2,1-2H3/t27-,28+/m0/s1. The molecule has 0 aliphatic carbocycles. The largest absolute Gasteiger partial charge is 0.492 e. The lowest BCUT2D eigenvalue weighted by Crippen LogP contribution is -2.43. The Morgan fingerprint density at radius 1 is 0.844 bits per heavy atom. The fourth-order valence-electron chi connectivity index (χ4n) is 5.45. The Hall–Kier alpha value is -2.78. The van der Waals surface area contributed by atoms with Gasteiger partial charge in [-0.1, -0.05) is 60.7 Å². The van der Waals surface area contributed by atoms with Gasteiger partial charge in [0.2, 0.25) is 0 Å². The van der Waals surface area contributed by atoms with Gasteiger partial charge in [0.05, 0.1) is 0 Å². The molecule has 0 aromatic heterocycles. The summed E-state index contributed by atoms with van der Waals surface area (Å²) >= 11 is 0. The van der Waals surface area contributed by atoms with E-state index in [0.717, 1.165) is 24.7 Å². The molecule has 2 atom stereocenters. The van der Waals surface area contributed by atoms with Gasteiger partial charge in [-0.05, 0) is 69.1 Å². The molecule has 3 aromatic carbocycles. The van der Waals surface area contributed by atoms with Crippen molar-refractivity contribution < 1.29 is 9.47 Å². The van der Waals surface area contributed by atoms with E-state index in [1.807, 2.05) is 0 Å². The fraction of sp³-hybridized carbons (Fsp3) is 0.379. The van der Waals surface area contributed by atoms with Gasteiger partial charge in [0.25, 0.3) is 0 Å². The molecule has 2 aliphatic heterocycles. The summed E-state index contributed by atoms with van der Waals surface area (Å²) in [6, 6.07) is 28.0. The van der Waals surface area contributed by atoms with Gasteiger partial charge in [-0.3, -0.25) is 4.90 Å². The fourth-order valence-corrected chi connectivity index (χ4v) is 5.45. The topological polar surface area (TPSA) is 21.7 Å². The monoisotopic (exact) mass is 427 g/mol. The number of fused-ring (bicyclic) bond motifs is 1. The van der Waals surface area contributed by atoms with Crippen molar-refractivity contribution in [3.05, 3.63) is 95.6 Å². The second kappa shape index (κ2) is 8.99. The van der Waals surface area contributed by atoms with Crippen LogP contribution >= 0.6 is 0 Å². The van der Waals surface area contributed by atoms with Gasteiger partial charge < -0.3 is 9.47 Å². The number of benzene rings is 3. The molecule has 2 aliphatic rings. The summed E-state index contributed by atoms with van der Waals surface area (Å²) in [5, 5.41) is 0. The molecule has 3 heteroatoms. The number of rotatable bonds is 6. The first kappa shape index (κ1) is 21.1. The minimum absolute atomic E-state index is 0.209. The molecule has 0 saturated carbocycles. The Kier molecular flexibility index (Phi) is 5.93. The second-order valence-electron chi connectivity index (χ2n) is 9.58. The van der Waals surface area contributed by atoms with Crippen LogP contribution in [0.4, 0.5) is 0 Å². The average Bonchev–Trinajstić information content (AvgIpc) is 3.32. The van der Waals surface area contributed by atoms with E-state index < -0.39 is 0 Å². The molecule has 3 nitrogen and oxygen atoms in total. The van der Waals surface area contributed by atoms with Crippen LogP contribution in [0.1, 0.15) is 55.2 Å². The number of para-hydroxylation sites is 1. The summed E-state index contributed by atoms with van der Waals surface area (Å²) < 4.78 is 12.6. The summed E-state index contributed by atoms with van der Waals surface area (Å²) in [6.45, 7) is 8.61. The molecule has 3 aromatic rings. The number of likely N-dealkylation sites (tertiary alicyclic amines) is 1. The summed E-state index contributed by atoms with van der Waals surface area (Å²) in [4.78, 5) is 2.49. The Morgan fingerprint density at radius 2 is 1.53 bits per heavy atom. The molecule has 166 valence electrons. The zero-order valence-corrected chi connectivity index (χ0v) is 19.2. The summed E-state index contributed by atoms with van der Waals surface area (Å²) in [6.07, 6.45) is 2.64. The molecule has 1 fully saturated rings. The minimum Gasteiger partial charge on any atom is -0.492 e. The summed E-state index contributed by atoms with van der Waals surface area (Å²) in [5.74, 6) is 2.36. The van der Waals surface area contributed by atoms with Crippen molar-refractivity contribution in [2.45, 2.75) is 44.1 Å². The average molecular weight is 428 g/mol. The van der Waals surface area contributed by atoms with Gasteiger partial charge in [-0.25, -0.2) is 0 Å². The maximum absolute atomic E-state index is 6.53. The number of hydrogen-bond donors (Lipinski definition) is 0. The minimum atomic E-state index is -0.328. The molecule has 5 rings (SSSR count). The highest BCUT2D eigenvalue weighted by Crippen LogP contribution is 2.52. The van der Waals surface area contributed by atoms with Gasteiger partial charge in [-0.15, -0.1) is 0 Å². The van der Waals surface area contributed by atoms with Crippen molar-refractivity contribution in [1.82, 2.24) is 4.90 Å². The summed E-state index contributed by atoms with van der Waals surface area (Å²) in [5.41, 5.74) is 3.53. The molecule has 0 N–H and O–H groups in total. The molecule has 2 heterocycles. The number of hydrogen-bond acceptors (Lipinski definition) is 3. The van der Waals surface area contributed by atoms with Gasteiger partial charge in [-0.2, -0.15) is 0 Å². The number of nitrogens with zero attached hydrogens (tertiary/aromatic N) is 1. The Balaban J connectivity index is 1.43. The van der Waals surface area contributed by atoms with Crippen LogP contribution in [0.15, 0.2) is 78.9 Å². The zero-order valence-electron chi connectivity index (χ0n) is 19.2. The van der Waals surface area contributed by atoms with Crippen molar-refractivity contribution in [2.75, 3.05) is 26.2 Å². The first-order valence-electron chi connectivity index (χ1n) is 11.9. The highest BCUT2D eigenvalue weighted by Gasteiger charge is 2.45. The van der Waals surface area contributed by atoms with E-state index in [4.69, 9.17) is 9.47 Å². The van der Waals surface area contributed by atoms with E-state index in [2.05, 4.69) is 97.6 Å². The van der Waals surface area contributed by atoms with Crippen LogP contribution in [0.2, 0.25) is 0 Å². The van der Waals surface area contributed by atoms with Crippen LogP contribution < -0.4 is 9.47 Å². The van der Waals surface area contributed by atoms with Crippen molar-refractivity contribution in [1.29, 1.82) is 0 Å². The van der Waals surface area contributed by atoms with Gasteiger partial charge in [0.15, 0.2) is 0 Å². The van der Waals surface area contributed by atoms with E-state index in [1.54, 1.807) is 0 Å². The Morgan fingerprint density at radius 3 is 2.28 bits per heavy atom. The van der Waals surface area contributed by atoms with Crippen LogP contribution in [-0.2, 0) is 0 Å². The molecule has 0 radical (unpaired) electrons. The van der Waals surface area contributed by atoms with Crippen molar-refractivity contribution >= 4 is 0 Å². The molecular weight excluding hydrogens is 394 g/mol. The maximum atomic E-state index is 6.53. The Labute approximate surface area is 192 Å². The second-order valence-corrected chi connectivity index (χ2v) is 9.58. The van der Waals surface area contributed by atoms with Crippen LogP contribution in [0.3, 0.4) is 0 Å². The molecule has 0 amide bonds. The highest BCUT2D eigenvalue weighted by atomic mass is 16.5. The zero-order chi connectivity index (χ0) is 22.0. The van der Waals surface area contributed by atoms with Crippen LogP contribution in [0.25, 0.3) is 0 Å². The Bertz CT molecular complexity index is 1020. The van der Waals surface area contributed by atoms with Crippen molar-refractivity contribution in [2.24, 2.45) is 0 Å². The molecule has 0 spiro atoms. The quantitative estimate of drug-likeness (QED) is 0.464. The summed E-state index contributed by atoms with van der Waals surface area (Å²) in [7, 11) is 0. The third-order valence-corrected chi connectivity index (χ3v) is 6.98. The lowest BCUT2D eigenvalue weighted by atomic mass is 9.68. The maximum Gasteiger partial charge on any atom is 0.123 e. The predicted molar refractivity (Wildman–Crippen MR) is 130 cm³/mol. The molecule has 32 heavy (non-hydrogen) atoms. The third-order valence-electron chi connectivity index (χ3n) is 6.98. The molecular formula is C29H33NO2. The van der Waals surface area contributed by atoms with Gasteiger partial charge in [0.1, 0.15) is 23.7 Å². The van der Waals surface area contributed by atoms with Crippen molar-refractivity contribution in [3.8, 4) is 11.5 Å². The molecule has 0 bridgehead atoms. The van der Waals surface area contributed by atoms with E-state index in [9.17, 15) is 0 Å². The lowest BCUT2D eigenvalue weighted by Gasteiger charge is -2.45. The van der Waals surface area contributed by atoms with Gasteiger partial charge in [0, 0.05) is 23.9 Å². The number of ether oxygens (including phenoxy) is 2. The van der Waals surface area contributed by atoms with Crippen LogP contribution in [0.5, 0.6) is 11.5 Å². The van der Waals surface area contributed by atoms with Crippen molar-refractivity contribution in [3.63, 3.8) is 0 Å². The molecule has 0 unspecified atom stereocenters. The van der Waals surface area contributed by atoms with E-state index >= 15 is 0 Å². The van der Waals surface area contributed by atoms with E-state index in [-0.39, 0.29) is 17.4 Å². The highest BCUT2D eigenvalue weighted by molar-refractivity contribution is 5.50. The smallest absolute Gasteiger partial charge is 0.123 e. The van der Waals surface area contributed by atoms with E-state index in [0.29, 0.717) is 0 Å². The van der Waals surface area contributed by atoms with Gasteiger partial charge >= 0.3 is 0 Å². The first-order chi connectivity index (χ1) is 15.6. The third kappa shape index (κ3) is 4.27. The van der Waals surface area contributed by atoms with E-state index in [1.165, 1.54) is 42.6 Å². The SMILES string of the molecule is CC1(C)Oc2ccccc2[C@H](c2ccc(OCCN3CCCC3)cc2)[C@H]1c1ccccc1. The lowest BCUT2D eigenvalue weighted by molar-refractivity contribution is 0.0531. The molecule has 1 saturated heterocycles. The first-order valence-corrected chi connectivity index (χ1v) is 11.9. The van der Waals surface area contributed by atoms with Crippen LogP contribution in [-0.4, -0.2) is 36.7 Å². The van der Waals surface area contributed by atoms with Crippen LogP contribution in [0, 0.1) is 0 Å². The predicted octanol–water partition coefficient (Wildman–Crippen LogP) is 6.25.